The van der Waals surface area contributed by atoms with Gasteiger partial charge in [-0.3, -0.25) is 4.68 Å². The minimum absolute atomic E-state index is 0.662. The van der Waals surface area contributed by atoms with Crippen LogP contribution in [-0.4, -0.2) is 27.6 Å². The van der Waals surface area contributed by atoms with Crippen LogP contribution >= 0.6 is 11.8 Å². The van der Waals surface area contributed by atoms with E-state index < -0.39 is 0 Å². The molecule has 0 aromatic carbocycles. The largest absolute Gasteiger partial charge is 0.313 e. The highest BCUT2D eigenvalue weighted by Crippen LogP contribution is 2.32. The van der Waals surface area contributed by atoms with Gasteiger partial charge in [0.15, 0.2) is 0 Å². The lowest BCUT2D eigenvalue weighted by Crippen LogP contribution is -2.39. The molecule has 3 nitrogen and oxygen atoms in total. The van der Waals surface area contributed by atoms with Crippen molar-refractivity contribution in [1.82, 2.24) is 15.1 Å². The number of nitrogens with one attached hydrogen (secondary N) is 1. The summed E-state index contributed by atoms with van der Waals surface area (Å²) in [5.74, 6) is 0. The third-order valence-electron chi connectivity index (χ3n) is 4.09. The van der Waals surface area contributed by atoms with Crippen LogP contribution in [0.1, 0.15) is 57.6 Å². The molecule has 1 aromatic rings. The van der Waals surface area contributed by atoms with E-state index in [2.05, 4.69) is 37.4 Å². The smallest absolute Gasteiger partial charge is 0.0942 e. The van der Waals surface area contributed by atoms with Crippen LogP contribution in [-0.2, 0) is 7.05 Å². The minimum Gasteiger partial charge on any atom is -0.313 e. The number of nitrogens with zero attached hydrogens (tertiary/aromatic N) is 2. The molecular weight excluding hydrogens is 266 g/mol. The molecular formula is C16H29N3S. The maximum absolute atomic E-state index is 4.48. The molecule has 1 aromatic heterocycles. The van der Waals surface area contributed by atoms with Gasteiger partial charge >= 0.3 is 0 Å². The molecule has 1 saturated carbocycles. The van der Waals surface area contributed by atoms with Crippen LogP contribution in [0.2, 0.25) is 0 Å². The first kappa shape index (κ1) is 15.9. The van der Waals surface area contributed by atoms with Crippen molar-refractivity contribution in [3.8, 4) is 0 Å². The first-order valence-corrected chi connectivity index (χ1v) is 8.99. The first-order valence-electron chi connectivity index (χ1n) is 8.11. The van der Waals surface area contributed by atoms with Crippen molar-refractivity contribution in [2.24, 2.45) is 7.05 Å². The molecule has 0 aliphatic heterocycles. The highest BCUT2D eigenvalue weighted by molar-refractivity contribution is 7.99. The van der Waals surface area contributed by atoms with Crippen molar-refractivity contribution in [2.45, 2.75) is 75.1 Å². The molecule has 0 amide bonds. The first-order chi connectivity index (χ1) is 9.70. The Balaban J connectivity index is 2.03. The molecule has 4 heteroatoms. The van der Waals surface area contributed by atoms with Gasteiger partial charge in [-0.25, -0.2) is 0 Å². The third kappa shape index (κ3) is 4.52. The number of rotatable bonds is 5. The Morgan fingerprint density at radius 1 is 1.30 bits per heavy atom. The molecule has 1 aliphatic carbocycles. The van der Waals surface area contributed by atoms with Gasteiger partial charge in [0.1, 0.15) is 0 Å². The van der Waals surface area contributed by atoms with E-state index in [0.717, 1.165) is 12.2 Å². The second-order valence-corrected chi connectivity index (χ2v) is 7.22. The average molecular weight is 295 g/mol. The summed E-state index contributed by atoms with van der Waals surface area (Å²) in [6, 6.07) is 2.88. The van der Waals surface area contributed by atoms with E-state index in [-0.39, 0.29) is 0 Å². The second-order valence-electron chi connectivity index (χ2n) is 5.96. The van der Waals surface area contributed by atoms with E-state index >= 15 is 0 Å². The summed E-state index contributed by atoms with van der Waals surface area (Å²) in [6.45, 7) is 5.48. The van der Waals surface area contributed by atoms with Crippen LogP contribution in [0.5, 0.6) is 0 Å². The maximum Gasteiger partial charge on any atom is 0.0942 e. The number of hydrogen-bond acceptors (Lipinski definition) is 3. The Morgan fingerprint density at radius 2 is 2.05 bits per heavy atom. The zero-order valence-electron chi connectivity index (χ0n) is 13.2. The lowest BCUT2D eigenvalue weighted by molar-refractivity contribution is 0.399. The molecule has 2 atom stereocenters. The molecule has 0 saturated heterocycles. The number of thioether (sulfide) groups is 1. The average Bonchev–Trinajstić information content (AvgIpc) is 2.71. The molecule has 0 radical (unpaired) electrons. The molecule has 1 fully saturated rings. The molecule has 1 N–H and O–H groups in total. The maximum atomic E-state index is 4.48. The van der Waals surface area contributed by atoms with E-state index in [1.54, 1.807) is 0 Å². The Bertz CT molecular complexity index is 400. The predicted molar refractivity (Wildman–Crippen MR) is 87.4 cm³/mol. The van der Waals surface area contributed by atoms with Crippen molar-refractivity contribution < 1.29 is 0 Å². The van der Waals surface area contributed by atoms with Crippen LogP contribution in [0, 0.1) is 6.92 Å². The zero-order chi connectivity index (χ0) is 14.4. The second kappa shape index (κ2) is 8.08. The van der Waals surface area contributed by atoms with Crippen molar-refractivity contribution in [2.75, 3.05) is 6.54 Å². The zero-order valence-corrected chi connectivity index (χ0v) is 14.0. The third-order valence-corrected chi connectivity index (χ3v) is 5.58. The molecule has 0 spiro atoms. The monoisotopic (exact) mass is 295 g/mol. The predicted octanol–water partition coefficient (Wildman–Crippen LogP) is 3.91. The fraction of sp³-hybridized carbons (Fsp3) is 0.812. The van der Waals surface area contributed by atoms with Gasteiger partial charge in [0.2, 0.25) is 0 Å². The molecule has 1 aliphatic rings. The summed E-state index contributed by atoms with van der Waals surface area (Å²) >= 11 is 2.03. The van der Waals surface area contributed by atoms with Crippen LogP contribution in [0.15, 0.2) is 11.1 Å². The van der Waals surface area contributed by atoms with Crippen LogP contribution in [0.4, 0.5) is 0 Å². The van der Waals surface area contributed by atoms with Gasteiger partial charge in [-0.2, -0.15) is 5.10 Å². The van der Waals surface area contributed by atoms with Gasteiger partial charge in [0.25, 0.3) is 0 Å². The van der Waals surface area contributed by atoms with Crippen molar-refractivity contribution in [1.29, 1.82) is 0 Å². The Morgan fingerprint density at radius 3 is 2.70 bits per heavy atom. The van der Waals surface area contributed by atoms with Gasteiger partial charge in [0.05, 0.1) is 10.7 Å². The lowest BCUT2D eigenvalue weighted by atomic mass is 9.96. The normalized spacial score (nSPS) is 24.4. The van der Waals surface area contributed by atoms with E-state index in [9.17, 15) is 0 Å². The summed E-state index contributed by atoms with van der Waals surface area (Å²) in [4.78, 5) is 0. The Labute approximate surface area is 127 Å². The number of aryl methyl sites for hydroxylation is 2. The van der Waals surface area contributed by atoms with Gasteiger partial charge in [-0.1, -0.05) is 32.6 Å². The van der Waals surface area contributed by atoms with Gasteiger partial charge < -0.3 is 5.32 Å². The molecule has 1 heterocycles. The highest BCUT2D eigenvalue weighted by atomic mass is 32.2. The SMILES string of the molecule is CCCNC1CCCCCCC1Sc1cc(C)nn1C. The van der Waals surface area contributed by atoms with E-state index in [4.69, 9.17) is 0 Å². The summed E-state index contributed by atoms with van der Waals surface area (Å²) in [5.41, 5.74) is 1.12. The minimum atomic E-state index is 0.662. The van der Waals surface area contributed by atoms with Crippen LogP contribution in [0.3, 0.4) is 0 Å². The van der Waals surface area contributed by atoms with Gasteiger partial charge in [-0.15, -0.1) is 11.8 Å². The molecule has 2 rings (SSSR count). The van der Waals surface area contributed by atoms with Gasteiger partial charge in [0, 0.05) is 18.3 Å². The summed E-state index contributed by atoms with van der Waals surface area (Å²) in [5, 5.41) is 10.3. The number of hydrogen-bond donors (Lipinski definition) is 1. The Hall–Kier alpha value is -0.480. The van der Waals surface area contributed by atoms with Crippen LogP contribution in [0.25, 0.3) is 0 Å². The fourth-order valence-corrected chi connectivity index (χ4v) is 4.43. The van der Waals surface area contributed by atoms with E-state index in [1.165, 1.54) is 50.0 Å². The molecule has 2 unspecified atom stereocenters. The standard InChI is InChI=1S/C16H29N3S/c1-4-11-17-14-9-7-5-6-8-10-15(14)20-16-12-13(2)18-19(16)3/h12,14-15,17H,4-11H2,1-3H3. The summed E-state index contributed by atoms with van der Waals surface area (Å²) in [7, 11) is 2.06. The summed E-state index contributed by atoms with van der Waals surface area (Å²) < 4.78 is 2.04. The van der Waals surface area contributed by atoms with E-state index in [1.807, 2.05) is 16.4 Å². The number of aromatic nitrogens is 2. The molecule has 20 heavy (non-hydrogen) atoms. The van der Waals surface area contributed by atoms with Crippen LogP contribution < -0.4 is 5.32 Å². The fourth-order valence-electron chi connectivity index (χ4n) is 3.01. The summed E-state index contributed by atoms with van der Waals surface area (Å²) in [6.07, 6.45) is 9.44. The van der Waals surface area contributed by atoms with Crippen molar-refractivity contribution in [3.05, 3.63) is 11.8 Å². The molecule has 0 bridgehead atoms. The Kier molecular flexibility index (Phi) is 6.43. The molecule has 114 valence electrons. The quantitative estimate of drug-likeness (QED) is 0.893. The topological polar surface area (TPSA) is 29.9 Å². The lowest BCUT2D eigenvalue weighted by Gasteiger charge is -2.29. The van der Waals surface area contributed by atoms with Crippen molar-refractivity contribution >= 4 is 11.8 Å². The van der Waals surface area contributed by atoms with E-state index in [0.29, 0.717) is 11.3 Å². The van der Waals surface area contributed by atoms with Gasteiger partial charge in [-0.05, 0) is 38.8 Å². The van der Waals surface area contributed by atoms with Crippen molar-refractivity contribution in [3.63, 3.8) is 0 Å². The highest BCUT2D eigenvalue weighted by Gasteiger charge is 2.24.